The van der Waals surface area contributed by atoms with Crippen LogP contribution in [0.5, 0.6) is 0 Å². The van der Waals surface area contributed by atoms with Crippen molar-refractivity contribution in [1.82, 2.24) is 15.3 Å². The Balaban J connectivity index is 2.14. The lowest BCUT2D eigenvalue weighted by Crippen LogP contribution is -2.42. The fourth-order valence-corrected chi connectivity index (χ4v) is 2.67. The van der Waals surface area contributed by atoms with Gasteiger partial charge in [-0.1, -0.05) is 15.9 Å². The molecule has 110 valence electrons. The number of hydrogen-bond acceptors (Lipinski definition) is 3. The van der Waals surface area contributed by atoms with Crippen LogP contribution in [0, 0.1) is 3.57 Å². The van der Waals surface area contributed by atoms with Gasteiger partial charge in [0.15, 0.2) is 0 Å². The standard InChI is InChI=1S/C13H11BrIN3O3/c14-7-1-2-10(15)9(3-7)12(19)18-11(13(20)21)4-8-5-16-6-17-8/h1-3,5-6,11H,4H2,(H,16,17)(H,18,19)(H,20,21)/t11-/m1/s1. The predicted molar refractivity (Wildman–Crippen MR) is 88.0 cm³/mol. The second-order valence-corrected chi connectivity index (χ2v) is 6.35. The first kappa shape index (κ1) is 16.0. The Hall–Kier alpha value is -1.42. The normalized spacial score (nSPS) is 11.9. The average Bonchev–Trinajstić information content (AvgIpc) is 2.93. The van der Waals surface area contributed by atoms with Gasteiger partial charge in [-0.15, -0.1) is 0 Å². The van der Waals surface area contributed by atoms with Crippen LogP contribution in [0.15, 0.2) is 35.2 Å². The molecule has 0 radical (unpaired) electrons. The van der Waals surface area contributed by atoms with Crippen molar-refractivity contribution in [2.45, 2.75) is 12.5 Å². The van der Waals surface area contributed by atoms with E-state index in [1.54, 1.807) is 12.1 Å². The number of nitrogens with zero attached hydrogens (tertiary/aromatic N) is 1. The Kier molecular flexibility index (Phi) is 5.34. The smallest absolute Gasteiger partial charge is 0.326 e. The number of hydrogen-bond donors (Lipinski definition) is 3. The summed E-state index contributed by atoms with van der Waals surface area (Å²) < 4.78 is 1.51. The molecule has 0 aliphatic rings. The molecule has 1 atom stereocenters. The van der Waals surface area contributed by atoms with Crippen LogP contribution in [0.4, 0.5) is 0 Å². The summed E-state index contributed by atoms with van der Waals surface area (Å²) in [5.41, 5.74) is 1.08. The third-order valence-corrected chi connectivity index (χ3v) is 4.19. The van der Waals surface area contributed by atoms with Gasteiger partial charge in [-0.2, -0.15) is 0 Å². The van der Waals surface area contributed by atoms with Crippen LogP contribution in [0.1, 0.15) is 16.1 Å². The molecule has 3 N–H and O–H groups in total. The number of imidazole rings is 1. The van der Waals surface area contributed by atoms with Gasteiger partial charge >= 0.3 is 5.97 Å². The number of amides is 1. The van der Waals surface area contributed by atoms with Gasteiger partial charge < -0.3 is 15.4 Å². The Bertz CT molecular complexity index is 661. The molecule has 0 aliphatic heterocycles. The minimum Gasteiger partial charge on any atom is -0.480 e. The van der Waals surface area contributed by atoms with Crippen molar-refractivity contribution in [3.8, 4) is 0 Å². The fraction of sp³-hybridized carbons (Fsp3) is 0.154. The van der Waals surface area contributed by atoms with Gasteiger partial charge in [0, 0.05) is 26.4 Å². The lowest BCUT2D eigenvalue weighted by Gasteiger charge is -2.14. The highest BCUT2D eigenvalue weighted by Gasteiger charge is 2.22. The molecule has 2 aromatic rings. The van der Waals surface area contributed by atoms with Gasteiger partial charge in [0.2, 0.25) is 0 Å². The summed E-state index contributed by atoms with van der Waals surface area (Å²) in [7, 11) is 0. The second-order valence-electron chi connectivity index (χ2n) is 4.27. The third-order valence-electron chi connectivity index (χ3n) is 2.76. The summed E-state index contributed by atoms with van der Waals surface area (Å²) in [4.78, 5) is 30.2. The molecular weight excluding hydrogens is 453 g/mol. The highest BCUT2D eigenvalue weighted by atomic mass is 127. The maximum Gasteiger partial charge on any atom is 0.326 e. The maximum absolute atomic E-state index is 12.2. The van der Waals surface area contributed by atoms with E-state index >= 15 is 0 Å². The van der Waals surface area contributed by atoms with Crippen LogP contribution in [0.3, 0.4) is 0 Å². The molecule has 0 unspecified atom stereocenters. The second kappa shape index (κ2) is 7.03. The molecule has 0 spiro atoms. The molecule has 2 rings (SSSR count). The molecule has 0 fully saturated rings. The van der Waals surface area contributed by atoms with Crippen molar-refractivity contribution in [2.75, 3.05) is 0 Å². The van der Waals surface area contributed by atoms with E-state index in [0.29, 0.717) is 11.3 Å². The summed E-state index contributed by atoms with van der Waals surface area (Å²) in [6, 6.07) is 4.24. The van der Waals surface area contributed by atoms with E-state index in [1.807, 2.05) is 28.7 Å². The molecule has 0 aliphatic carbocycles. The third kappa shape index (κ3) is 4.27. The van der Waals surface area contributed by atoms with Gasteiger partial charge in [-0.05, 0) is 40.8 Å². The van der Waals surface area contributed by atoms with Crippen molar-refractivity contribution in [2.24, 2.45) is 0 Å². The monoisotopic (exact) mass is 463 g/mol. The number of nitrogens with one attached hydrogen (secondary N) is 2. The quantitative estimate of drug-likeness (QED) is 0.592. The van der Waals surface area contributed by atoms with E-state index in [1.165, 1.54) is 12.5 Å². The SMILES string of the molecule is O=C(N[C@H](Cc1cnc[nH]1)C(=O)O)c1cc(Br)ccc1I. The van der Waals surface area contributed by atoms with Crippen LogP contribution in [-0.2, 0) is 11.2 Å². The summed E-state index contributed by atoms with van der Waals surface area (Å²) in [6.07, 6.45) is 3.14. The van der Waals surface area contributed by atoms with Crippen molar-refractivity contribution in [1.29, 1.82) is 0 Å². The van der Waals surface area contributed by atoms with E-state index in [4.69, 9.17) is 0 Å². The zero-order valence-corrected chi connectivity index (χ0v) is 14.4. The average molecular weight is 464 g/mol. The number of carboxylic acid groups (broad SMARTS) is 1. The lowest BCUT2D eigenvalue weighted by atomic mass is 10.1. The van der Waals surface area contributed by atoms with E-state index in [9.17, 15) is 14.7 Å². The Morgan fingerprint density at radius 3 is 2.86 bits per heavy atom. The Morgan fingerprint density at radius 1 is 1.48 bits per heavy atom. The number of carboxylic acids is 1. The molecule has 6 nitrogen and oxygen atoms in total. The molecule has 1 heterocycles. The zero-order valence-electron chi connectivity index (χ0n) is 10.6. The number of H-pyrrole nitrogens is 1. The lowest BCUT2D eigenvalue weighted by molar-refractivity contribution is -0.139. The number of carbonyl (C=O) groups excluding carboxylic acids is 1. The zero-order chi connectivity index (χ0) is 15.4. The number of carbonyl (C=O) groups is 2. The van der Waals surface area contributed by atoms with Crippen molar-refractivity contribution in [3.63, 3.8) is 0 Å². The molecule has 1 aromatic carbocycles. The van der Waals surface area contributed by atoms with Crippen LogP contribution < -0.4 is 5.32 Å². The fourth-order valence-electron chi connectivity index (χ4n) is 1.72. The van der Waals surface area contributed by atoms with Crippen molar-refractivity contribution < 1.29 is 14.7 Å². The van der Waals surface area contributed by atoms with E-state index < -0.39 is 17.9 Å². The number of aromatic nitrogens is 2. The maximum atomic E-state index is 12.2. The van der Waals surface area contributed by atoms with Crippen LogP contribution in [-0.4, -0.2) is 33.0 Å². The number of aliphatic carboxylic acids is 1. The summed E-state index contributed by atoms with van der Waals surface area (Å²) in [6.45, 7) is 0. The first-order valence-electron chi connectivity index (χ1n) is 5.93. The topological polar surface area (TPSA) is 95.1 Å². The van der Waals surface area contributed by atoms with Crippen LogP contribution >= 0.6 is 38.5 Å². The number of benzene rings is 1. The first-order chi connectivity index (χ1) is 9.97. The van der Waals surface area contributed by atoms with Crippen molar-refractivity contribution >= 4 is 50.4 Å². The van der Waals surface area contributed by atoms with Crippen LogP contribution in [0.25, 0.3) is 0 Å². The van der Waals surface area contributed by atoms with Gasteiger partial charge in [-0.25, -0.2) is 9.78 Å². The molecule has 1 aromatic heterocycles. The molecule has 21 heavy (non-hydrogen) atoms. The molecule has 0 saturated heterocycles. The largest absolute Gasteiger partial charge is 0.480 e. The molecule has 8 heteroatoms. The Labute approximate surface area is 142 Å². The molecule has 0 bridgehead atoms. The first-order valence-corrected chi connectivity index (χ1v) is 7.80. The summed E-state index contributed by atoms with van der Waals surface area (Å²) >= 11 is 5.33. The van der Waals surface area contributed by atoms with Gasteiger partial charge in [0.1, 0.15) is 6.04 Å². The van der Waals surface area contributed by atoms with Gasteiger partial charge in [0.25, 0.3) is 5.91 Å². The highest BCUT2D eigenvalue weighted by molar-refractivity contribution is 14.1. The summed E-state index contributed by atoms with van der Waals surface area (Å²) in [5, 5.41) is 11.8. The van der Waals surface area contributed by atoms with E-state index in [2.05, 4.69) is 31.2 Å². The highest BCUT2D eigenvalue weighted by Crippen LogP contribution is 2.18. The van der Waals surface area contributed by atoms with Gasteiger partial charge in [-0.3, -0.25) is 4.79 Å². The minimum absolute atomic E-state index is 0.144. The number of aromatic amines is 1. The van der Waals surface area contributed by atoms with Crippen molar-refractivity contribution in [3.05, 3.63) is 50.0 Å². The minimum atomic E-state index is -1.09. The molecule has 0 saturated carbocycles. The Morgan fingerprint density at radius 2 is 2.24 bits per heavy atom. The van der Waals surface area contributed by atoms with E-state index in [0.717, 1.165) is 8.04 Å². The number of halogens is 2. The predicted octanol–water partition coefficient (Wildman–Crippen LogP) is 2.20. The van der Waals surface area contributed by atoms with Crippen LogP contribution in [0.2, 0.25) is 0 Å². The molecule has 1 amide bonds. The van der Waals surface area contributed by atoms with Gasteiger partial charge in [0.05, 0.1) is 11.9 Å². The molecular formula is C13H11BrIN3O3. The summed E-state index contributed by atoms with van der Waals surface area (Å²) in [5.74, 6) is -1.52. The van der Waals surface area contributed by atoms with E-state index in [-0.39, 0.29) is 6.42 Å². The number of rotatable bonds is 5.